The van der Waals surface area contributed by atoms with Gasteiger partial charge < -0.3 is 14.2 Å². The summed E-state index contributed by atoms with van der Waals surface area (Å²) in [6.45, 7) is 8.03. The van der Waals surface area contributed by atoms with E-state index in [0.29, 0.717) is 50.7 Å². The first-order valence-electron chi connectivity index (χ1n) is 12.1. The van der Waals surface area contributed by atoms with Crippen LogP contribution in [0.1, 0.15) is 55.2 Å². The number of carbonyl (C=O) groups excluding carboxylic acids is 2. The van der Waals surface area contributed by atoms with Gasteiger partial charge in [-0.2, -0.15) is 0 Å². The molecule has 9 heteroatoms. The molecule has 0 amide bonds. The number of ether oxygens (including phenoxy) is 3. The summed E-state index contributed by atoms with van der Waals surface area (Å²) < 4.78 is 18.2. The Labute approximate surface area is 218 Å². The third kappa shape index (κ3) is 5.27. The summed E-state index contributed by atoms with van der Waals surface area (Å²) in [4.78, 5) is 43.9. The Morgan fingerprint density at radius 1 is 0.973 bits per heavy atom. The van der Waals surface area contributed by atoms with Gasteiger partial charge in [0.2, 0.25) is 0 Å². The largest absolute Gasteiger partial charge is 0.494 e. The van der Waals surface area contributed by atoms with Crippen LogP contribution in [0.15, 0.2) is 69.6 Å². The van der Waals surface area contributed by atoms with Crippen LogP contribution in [0.4, 0.5) is 0 Å². The molecule has 0 saturated carbocycles. The SMILES string of the molecule is CCOC(=O)C1=C(C)N=c2s/c(=C\c3ccc(C(=O)OCC)cc3)c(=O)n2[C@@H]1c1ccccc1OCC. The molecule has 2 heterocycles. The van der Waals surface area contributed by atoms with Crippen LogP contribution in [-0.4, -0.2) is 36.3 Å². The van der Waals surface area contributed by atoms with Crippen molar-refractivity contribution in [1.82, 2.24) is 4.57 Å². The number of benzene rings is 2. The molecular weight excluding hydrogens is 492 g/mol. The normalized spacial score (nSPS) is 15.1. The Kier molecular flexibility index (Phi) is 8.03. The third-order valence-corrected chi connectivity index (χ3v) is 6.73. The summed E-state index contributed by atoms with van der Waals surface area (Å²) in [5, 5.41) is 0. The van der Waals surface area contributed by atoms with E-state index in [4.69, 9.17) is 14.2 Å². The van der Waals surface area contributed by atoms with E-state index < -0.39 is 18.0 Å². The van der Waals surface area contributed by atoms with Crippen LogP contribution < -0.4 is 19.6 Å². The van der Waals surface area contributed by atoms with Crippen molar-refractivity contribution in [3.8, 4) is 5.75 Å². The zero-order chi connectivity index (χ0) is 26.5. The van der Waals surface area contributed by atoms with E-state index in [-0.39, 0.29) is 12.2 Å². The molecule has 4 rings (SSSR count). The van der Waals surface area contributed by atoms with E-state index in [2.05, 4.69) is 4.99 Å². The van der Waals surface area contributed by atoms with Gasteiger partial charge in [-0.3, -0.25) is 9.36 Å². The first-order valence-corrected chi connectivity index (χ1v) is 12.9. The van der Waals surface area contributed by atoms with Crippen molar-refractivity contribution in [1.29, 1.82) is 0 Å². The second kappa shape index (κ2) is 11.4. The summed E-state index contributed by atoms with van der Waals surface area (Å²) in [5.41, 5.74) is 2.35. The zero-order valence-electron chi connectivity index (χ0n) is 21.1. The Hall–Kier alpha value is -3.98. The fourth-order valence-electron chi connectivity index (χ4n) is 4.16. The van der Waals surface area contributed by atoms with Gasteiger partial charge in [-0.05, 0) is 57.5 Å². The van der Waals surface area contributed by atoms with Crippen LogP contribution in [0.5, 0.6) is 5.75 Å². The van der Waals surface area contributed by atoms with Crippen LogP contribution in [0.2, 0.25) is 0 Å². The summed E-state index contributed by atoms with van der Waals surface area (Å²) >= 11 is 1.23. The van der Waals surface area contributed by atoms with Gasteiger partial charge in [0, 0.05) is 5.56 Å². The van der Waals surface area contributed by atoms with Gasteiger partial charge in [0.1, 0.15) is 11.8 Å². The van der Waals surface area contributed by atoms with Crippen molar-refractivity contribution in [3.63, 3.8) is 0 Å². The number of thiazole rings is 1. The highest BCUT2D eigenvalue weighted by molar-refractivity contribution is 7.07. The number of para-hydroxylation sites is 1. The third-order valence-electron chi connectivity index (χ3n) is 5.75. The smallest absolute Gasteiger partial charge is 0.338 e. The Balaban J connectivity index is 1.88. The monoisotopic (exact) mass is 520 g/mol. The van der Waals surface area contributed by atoms with Gasteiger partial charge in [0.15, 0.2) is 4.80 Å². The topological polar surface area (TPSA) is 96.2 Å². The first-order chi connectivity index (χ1) is 17.9. The number of allylic oxidation sites excluding steroid dienone is 1. The predicted octanol–water partition coefficient (Wildman–Crippen LogP) is 3.37. The lowest BCUT2D eigenvalue weighted by atomic mass is 9.95. The van der Waals surface area contributed by atoms with Crippen molar-refractivity contribution < 1.29 is 23.8 Å². The van der Waals surface area contributed by atoms with E-state index in [9.17, 15) is 14.4 Å². The molecule has 0 bridgehead atoms. The Morgan fingerprint density at radius 2 is 1.65 bits per heavy atom. The number of hydrogen-bond donors (Lipinski definition) is 0. The number of aromatic nitrogens is 1. The molecule has 0 aliphatic carbocycles. The zero-order valence-corrected chi connectivity index (χ0v) is 22.0. The van der Waals surface area contributed by atoms with Gasteiger partial charge in [-0.25, -0.2) is 14.6 Å². The fourth-order valence-corrected chi connectivity index (χ4v) is 5.21. The van der Waals surface area contributed by atoms with Crippen molar-refractivity contribution in [2.75, 3.05) is 19.8 Å². The van der Waals surface area contributed by atoms with E-state index in [1.54, 1.807) is 51.1 Å². The second-order valence-corrected chi connectivity index (χ2v) is 9.12. The standard InChI is InChI=1S/C28H28N2O6S/c1-5-34-21-11-9-8-10-20(21)24-23(27(33)36-7-3)17(4)29-28-30(24)25(31)22(37-28)16-18-12-14-19(15-13-18)26(32)35-6-2/h8-16,24H,5-7H2,1-4H3/b22-16-/t24-/m1/s1. The number of fused-ring (bicyclic) bond motifs is 1. The lowest BCUT2D eigenvalue weighted by Crippen LogP contribution is -2.40. The molecule has 3 aromatic rings. The lowest BCUT2D eigenvalue weighted by molar-refractivity contribution is -0.139. The van der Waals surface area contributed by atoms with Crippen LogP contribution in [0, 0.1) is 0 Å². The van der Waals surface area contributed by atoms with E-state index in [1.807, 2.05) is 31.2 Å². The quantitative estimate of drug-likeness (QED) is 0.423. The van der Waals surface area contributed by atoms with Crippen LogP contribution >= 0.6 is 11.3 Å². The van der Waals surface area contributed by atoms with E-state index in [0.717, 1.165) is 5.56 Å². The molecule has 1 atom stereocenters. The lowest BCUT2D eigenvalue weighted by Gasteiger charge is -2.26. The van der Waals surface area contributed by atoms with Crippen molar-refractivity contribution >= 4 is 29.4 Å². The van der Waals surface area contributed by atoms with E-state index >= 15 is 0 Å². The van der Waals surface area contributed by atoms with Crippen LogP contribution in [0.25, 0.3) is 6.08 Å². The number of carbonyl (C=O) groups is 2. The molecule has 37 heavy (non-hydrogen) atoms. The minimum absolute atomic E-state index is 0.196. The van der Waals surface area contributed by atoms with Gasteiger partial charge in [0.25, 0.3) is 5.56 Å². The summed E-state index contributed by atoms with van der Waals surface area (Å²) in [6.07, 6.45) is 1.74. The molecule has 0 radical (unpaired) electrons. The minimum Gasteiger partial charge on any atom is -0.494 e. The van der Waals surface area contributed by atoms with Gasteiger partial charge in [0.05, 0.1) is 41.2 Å². The average molecular weight is 521 g/mol. The summed E-state index contributed by atoms with van der Waals surface area (Å²) in [5.74, 6) is -0.345. The van der Waals surface area contributed by atoms with Crippen LogP contribution in [0.3, 0.4) is 0 Å². The Bertz CT molecular complexity index is 1530. The molecule has 0 spiro atoms. The van der Waals surface area contributed by atoms with Gasteiger partial charge >= 0.3 is 11.9 Å². The van der Waals surface area contributed by atoms with Crippen molar-refractivity contribution in [2.24, 2.45) is 4.99 Å². The predicted molar refractivity (Wildman–Crippen MR) is 140 cm³/mol. The van der Waals surface area contributed by atoms with Gasteiger partial charge in [-0.15, -0.1) is 0 Å². The molecule has 0 saturated heterocycles. The molecule has 1 aromatic heterocycles. The van der Waals surface area contributed by atoms with Gasteiger partial charge in [-0.1, -0.05) is 41.7 Å². The molecule has 1 aliphatic rings. The number of hydrogen-bond acceptors (Lipinski definition) is 8. The maximum Gasteiger partial charge on any atom is 0.338 e. The molecular formula is C28H28N2O6S. The molecule has 0 N–H and O–H groups in total. The average Bonchev–Trinajstić information content (AvgIpc) is 3.18. The highest BCUT2D eigenvalue weighted by Gasteiger charge is 2.35. The maximum absolute atomic E-state index is 13.8. The first kappa shape index (κ1) is 26.1. The summed E-state index contributed by atoms with van der Waals surface area (Å²) in [7, 11) is 0. The van der Waals surface area contributed by atoms with Crippen molar-refractivity contribution in [3.05, 3.63) is 96.2 Å². The molecule has 1 aliphatic heterocycles. The highest BCUT2D eigenvalue weighted by Crippen LogP contribution is 2.35. The fraction of sp³-hybridized carbons (Fsp3) is 0.286. The minimum atomic E-state index is -0.758. The molecule has 0 fully saturated rings. The molecule has 8 nitrogen and oxygen atoms in total. The molecule has 2 aromatic carbocycles. The van der Waals surface area contributed by atoms with E-state index in [1.165, 1.54) is 15.9 Å². The second-order valence-electron chi connectivity index (χ2n) is 8.12. The molecule has 192 valence electrons. The summed E-state index contributed by atoms with van der Waals surface area (Å²) in [6, 6.07) is 13.4. The van der Waals surface area contributed by atoms with Crippen LogP contribution in [-0.2, 0) is 14.3 Å². The number of esters is 2. The van der Waals surface area contributed by atoms with Crippen molar-refractivity contribution in [2.45, 2.75) is 33.7 Å². The Morgan fingerprint density at radius 3 is 2.32 bits per heavy atom. The maximum atomic E-state index is 13.8. The molecule has 0 unspecified atom stereocenters. The number of nitrogens with zero attached hydrogens (tertiary/aromatic N) is 2. The number of rotatable bonds is 8. The highest BCUT2D eigenvalue weighted by atomic mass is 32.1.